The number of thioether (sulfide) groups is 1. The van der Waals surface area contributed by atoms with Crippen molar-refractivity contribution in [3.63, 3.8) is 0 Å². The van der Waals surface area contributed by atoms with E-state index in [-0.39, 0.29) is 32.1 Å². The van der Waals surface area contributed by atoms with Crippen LogP contribution in [0.2, 0.25) is 5.02 Å². The summed E-state index contributed by atoms with van der Waals surface area (Å²) in [6.45, 7) is 2.58. The molecular formula is C47H50ClFN6O7S2. The zero-order chi connectivity index (χ0) is 45.3. The molecule has 1 aliphatic heterocycles. The molecule has 0 bridgehead atoms. The number of hydrogen-bond donors (Lipinski definition) is 1. The molecule has 0 spiro atoms. The summed E-state index contributed by atoms with van der Waals surface area (Å²) >= 11 is 8.81. The number of esters is 1. The average Bonchev–Trinajstić information content (AvgIpc) is 4.02. The fourth-order valence-electron chi connectivity index (χ4n) is 8.57. The van der Waals surface area contributed by atoms with E-state index in [1.54, 1.807) is 45.0 Å². The fourth-order valence-corrected chi connectivity index (χ4v) is 10.5. The second kappa shape index (κ2) is 19.0. The third-order valence-electron chi connectivity index (χ3n) is 11.6. The van der Waals surface area contributed by atoms with Gasteiger partial charge in [0.05, 0.1) is 73.9 Å². The second-order valence-corrected chi connectivity index (χ2v) is 19.3. The van der Waals surface area contributed by atoms with Gasteiger partial charge in [0.15, 0.2) is 0 Å². The van der Waals surface area contributed by atoms with Crippen molar-refractivity contribution in [2.75, 3.05) is 26.6 Å². The van der Waals surface area contributed by atoms with Crippen LogP contribution in [0.4, 0.5) is 4.39 Å². The largest absolute Gasteiger partial charge is 0.497 e. The maximum atomic E-state index is 14.5. The van der Waals surface area contributed by atoms with E-state index in [0.717, 1.165) is 61.9 Å². The molecule has 0 unspecified atom stereocenters. The van der Waals surface area contributed by atoms with Gasteiger partial charge in [-0.05, 0) is 104 Å². The molecule has 0 radical (unpaired) electrons. The van der Waals surface area contributed by atoms with E-state index in [4.69, 9.17) is 30.9 Å². The molecule has 13 nitrogen and oxygen atoms in total. The number of ether oxygens (including phenoxy) is 3. The van der Waals surface area contributed by atoms with E-state index in [2.05, 4.69) is 5.10 Å². The Morgan fingerprint density at radius 3 is 2.50 bits per heavy atom. The highest BCUT2D eigenvalue weighted by molar-refractivity contribution is 7.98. The molecule has 1 N–H and O–H groups in total. The van der Waals surface area contributed by atoms with Crippen LogP contribution in [-0.2, 0) is 73.7 Å². The predicted molar refractivity (Wildman–Crippen MR) is 247 cm³/mol. The standard InChI is InChI=1S/C47H50ClFN6O7S2/c1-6-61-47(57)46-37(9-8-20-62-42-24-35(22-30-21-31(49)13-16-36(30)42)63-28-29-11-14-34(60-4)15-12-29)38-17-18-39(48)43(45(38)52(46)2)44-40(51-55-19-7-10-41(44)55)26-54(64(5,58)59)25-32-23-33(27-56)53(3)50-32/h11-18,21-24,56H,6-10,19-20,25-28H2,1-5H3. The molecule has 64 heavy (non-hydrogen) atoms. The Bertz CT molecular complexity index is 2980. The normalized spacial score (nSPS) is 12.8. The molecule has 4 aromatic carbocycles. The fraction of sp³-hybridized carbons (Fsp3) is 0.340. The summed E-state index contributed by atoms with van der Waals surface area (Å²) in [5.74, 6) is 1.31. The number of rotatable bonds is 18. The van der Waals surface area contributed by atoms with Gasteiger partial charge in [-0.25, -0.2) is 17.6 Å². The summed E-state index contributed by atoms with van der Waals surface area (Å²) in [6.07, 6.45) is 3.69. The first-order valence-corrected chi connectivity index (χ1v) is 24.2. The monoisotopic (exact) mass is 928 g/mol. The quantitative estimate of drug-likeness (QED) is 0.0505. The predicted octanol–water partition coefficient (Wildman–Crippen LogP) is 8.61. The molecule has 8 rings (SSSR count). The highest BCUT2D eigenvalue weighted by Crippen LogP contribution is 2.44. The van der Waals surface area contributed by atoms with E-state index in [1.165, 1.54) is 21.1 Å². The van der Waals surface area contributed by atoms with Crippen molar-refractivity contribution >= 4 is 61.0 Å². The smallest absolute Gasteiger partial charge is 0.355 e. The van der Waals surface area contributed by atoms with Crippen LogP contribution < -0.4 is 9.47 Å². The number of fused-ring (bicyclic) bond motifs is 3. The molecule has 0 saturated heterocycles. The number of aryl methyl sites for hydroxylation is 4. The highest BCUT2D eigenvalue weighted by Gasteiger charge is 2.32. The molecule has 0 atom stereocenters. The van der Waals surface area contributed by atoms with Crippen molar-refractivity contribution in [3.8, 4) is 22.6 Å². The Balaban J connectivity index is 1.12. The van der Waals surface area contributed by atoms with Crippen LogP contribution in [0, 0.1) is 5.82 Å². The average molecular weight is 930 g/mol. The molecule has 336 valence electrons. The van der Waals surface area contributed by atoms with Crippen molar-refractivity contribution in [1.82, 2.24) is 28.4 Å². The van der Waals surface area contributed by atoms with Gasteiger partial charge in [-0.15, -0.1) is 11.8 Å². The number of methoxy groups -OCH3 is 1. The number of benzene rings is 4. The third-order valence-corrected chi connectivity index (χ3v) is 14.2. The molecule has 7 aromatic rings. The summed E-state index contributed by atoms with van der Waals surface area (Å²) in [6, 6.07) is 21.9. The van der Waals surface area contributed by atoms with Gasteiger partial charge >= 0.3 is 5.97 Å². The Kier molecular flexibility index (Phi) is 13.4. The third kappa shape index (κ3) is 9.24. The van der Waals surface area contributed by atoms with E-state index < -0.39 is 16.0 Å². The zero-order valence-corrected chi connectivity index (χ0v) is 38.7. The summed E-state index contributed by atoms with van der Waals surface area (Å²) in [5, 5.41) is 21.9. The number of sulfonamides is 1. The van der Waals surface area contributed by atoms with E-state index in [9.17, 15) is 22.7 Å². The molecule has 17 heteroatoms. The maximum absolute atomic E-state index is 14.5. The number of carbonyl (C=O) groups is 1. The minimum absolute atomic E-state index is 0.0326. The summed E-state index contributed by atoms with van der Waals surface area (Å²) in [7, 11) is 1.38. The van der Waals surface area contributed by atoms with Crippen LogP contribution in [0.1, 0.15) is 64.2 Å². The summed E-state index contributed by atoms with van der Waals surface area (Å²) < 4.78 is 65.2. The van der Waals surface area contributed by atoms with Crippen molar-refractivity contribution < 1.29 is 36.9 Å². The Labute approximate surface area is 380 Å². The Hall–Kier alpha value is -5.39. The summed E-state index contributed by atoms with van der Waals surface area (Å²) in [4.78, 5) is 14.8. The van der Waals surface area contributed by atoms with Gasteiger partial charge in [0.2, 0.25) is 10.0 Å². The first-order chi connectivity index (χ1) is 30.8. The Morgan fingerprint density at radius 2 is 1.78 bits per heavy atom. The number of aliphatic hydroxyl groups is 1. The van der Waals surface area contributed by atoms with E-state index >= 15 is 0 Å². The van der Waals surface area contributed by atoms with Crippen molar-refractivity contribution in [3.05, 3.63) is 123 Å². The van der Waals surface area contributed by atoms with E-state index in [1.807, 2.05) is 64.8 Å². The van der Waals surface area contributed by atoms with Gasteiger partial charge in [0.1, 0.15) is 23.0 Å². The minimum atomic E-state index is -3.77. The van der Waals surface area contributed by atoms with Gasteiger partial charge in [-0.2, -0.15) is 14.5 Å². The van der Waals surface area contributed by atoms with Crippen LogP contribution >= 0.6 is 23.4 Å². The number of hydrogen-bond acceptors (Lipinski definition) is 10. The second-order valence-electron chi connectivity index (χ2n) is 15.8. The van der Waals surface area contributed by atoms with Crippen LogP contribution in [0.25, 0.3) is 32.8 Å². The first-order valence-electron chi connectivity index (χ1n) is 21.0. The van der Waals surface area contributed by atoms with Crippen LogP contribution in [0.5, 0.6) is 11.5 Å². The van der Waals surface area contributed by atoms with Gasteiger partial charge in [0, 0.05) is 58.9 Å². The number of aliphatic hydroxyl groups excluding tert-OH is 1. The highest BCUT2D eigenvalue weighted by atomic mass is 35.5. The lowest BCUT2D eigenvalue weighted by molar-refractivity contribution is 0.0514. The van der Waals surface area contributed by atoms with Crippen molar-refractivity contribution in [2.45, 2.75) is 69.5 Å². The number of aromatic nitrogens is 5. The molecular weight excluding hydrogens is 879 g/mol. The lowest BCUT2D eigenvalue weighted by atomic mass is 9.97. The number of nitrogens with zero attached hydrogens (tertiary/aromatic N) is 6. The molecule has 0 fully saturated rings. The number of halogens is 2. The molecule has 0 saturated carbocycles. The molecule has 4 heterocycles. The topological polar surface area (TPSA) is 143 Å². The molecule has 3 aromatic heterocycles. The zero-order valence-electron chi connectivity index (χ0n) is 36.4. The van der Waals surface area contributed by atoms with Gasteiger partial charge < -0.3 is 23.9 Å². The Morgan fingerprint density at radius 1 is 1.00 bits per heavy atom. The maximum Gasteiger partial charge on any atom is 0.355 e. The van der Waals surface area contributed by atoms with Crippen LogP contribution in [-0.4, -0.2) is 74.5 Å². The molecule has 1 aliphatic rings. The summed E-state index contributed by atoms with van der Waals surface area (Å²) in [5.41, 5.74) is 6.87. The molecule has 0 aliphatic carbocycles. The lowest BCUT2D eigenvalue weighted by Gasteiger charge is -2.19. The lowest BCUT2D eigenvalue weighted by Crippen LogP contribution is -2.29. The number of carbonyl (C=O) groups excluding carboxylic acids is 1. The van der Waals surface area contributed by atoms with E-state index in [0.29, 0.717) is 82.8 Å². The van der Waals surface area contributed by atoms with Gasteiger partial charge in [0.25, 0.3) is 0 Å². The van der Waals surface area contributed by atoms with Crippen molar-refractivity contribution in [1.29, 1.82) is 0 Å². The van der Waals surface area contributed by atoms with Crippen molar-refractivity contribution in [2.24, 2.45) is 14.1 Å². The molecule has 0 amide bonds. The minimum Gasteiger partial charge on any atom is -0.497 e. The first kappa shape index (κ1) is 45.2. The SMILES string of the molecule is CCOC(=O)c1c(CCCOc2cc(SCc3ccc(OC)cc3)cc3cc(F)ccc23)c2ccc(Cl)c(-c3c(CN(Cc4cc(CO)n(C)n4)S(C)(=O)=O)nn4c3CCC4)c2n1C. The van der Waals surface area contributed by atoms with Gasteiger partial charge in [-0.3, -0.25) is 9.36 Å². The van der Waals surface area contributed by atoms with Gasteiger partial charge in [-0.1, -0.05) is 29.8 Å². The van der Waals surface area contributed by atoms with Crippen LogP contribution in [0.3, 0.4) is 0 Å². The van der Waals surface area contributed by atoms with Crippen LogP contribution in [0.15, 0.2) is 77.7 Å².